The molecule has 0 unspecified atom stereocenters. The molecule has 0 aliphatic rings. The first-order valence-electron chi connectivity index (χ1n) is 10.1. The lowest BCUT2D eigenvalue weighted by molar-refractivity contribution is 0.416. The van der Waals surface area contributed by atoms with Gasteiger partial charge in [0.15, 0.2) is 21.5 Å². The Bertz CT molecular complexity index is 1440. The monoisotopic (exact) mass is 470 g/mol. The van der Waals surface area contributed by atoms with Crippen molar-refractivity contribution in [2.45, 2.75) is 18.7 Å². The van der Waals surface area contributed by atoms with Gasteiger partial charge in [0, 0.05) is 29.6 Å². The van der Waals surface area contributed by atoms with Crippen molar-refractivity contribution in [1.29, 1.82) is 0 Å². The number of aryl methyl sites for hydroxylation is 1. The number of halogens is 1. The Hall–Kier alpha value is -3.73. The number of anilines is 4. The third-order valence-electron chi connectivity index (χ3n) is 5.18. The maximum absolute atomic E-state index is 14.8. The standard InChI is InChI=1S/C22H23FN6O3S/c1-5-29(14-6-8-16-13(2)27-28-18(16)10-14)21-17(23)12-24-22(26-21)25-19-11-15(33(4,30)31)7-9-20(19)32-3/h6-12H,5H2,1-4H3,(H,27,28)(H,24,25,26). The second-order valence-corrected chi connectivity index (χ2v) is 9.43. The summed E-state index contributed by atoms with van der Waals surface area (Å²) < 4.78 is 44.0. The molecule has 0 saturated heterocycles. The second-order valence-electron chi connectivity index (χ2n) is 7.42. The van der Waals surface area contributed by atoms with Gasteiger partial charge in [0.05, 0.1) is 29.4 Å². The fraction of sp³-hybridized carbons (Fsp3) is 0.227. The number of ether oxygens (including phenoxy) is 1. The van der Waals surface area contributed by atoms with E-state index in [-0.39, 0.29) is 16.7 Å². The Balaban J connectivity index is 1.73. The number of aromatic nitrogens is 4. The van der Waals surface area contributed by atoms with E-state index in [0.29, 0.717) is 18.0 Å². The SMILES string of the molecule is CCN(c1ccc2c(C)[nH]nc2c1)c1nc(Nc2cc(S(C)(=O)=O)ccc2OC)ncc1F. The normalized spacial score (nSPS) is 11.5. The van der Waals surface area contributed by atoms with E-state index in [1.165, 1.54) is 25.3 Å². The van der Waals surface area contributed by atoms with Crippen LogP contribution < -0.4 is 15.0 Å². The molecule has 4 aromatic rings. The van der Waals surface area contributed by atoms with Crippen LogP contribution in [0.3, 0.4) is 0 Å². The quantitative estimate of drug-likeness (QED) is 0.415. The summed E-state index contributed by atoms with van der Waals surface area (Å²) in [7, 11) is -1.98. The first-order chi connectivity index (χ1) is 15.7. The lowest BCUT2D eigenvalue weighted by atomic mass is 10.2. The molecule has 0 radical (unpaired) electrons. The molecule has 2 aromatic heterocycles. The van der Waals surface area contributed by atoms with Gasteiger partial charge in [-0.2, -0.15) is 10.1 Å². The molecule has 0 atom stereocenters. The van der Waals surface area contributed by atoms with Gasteiger partial charge in [-0.15, -0.1) is 0 Å². The van der Waals surface area contributed by atoms with E-state index >= 15 is 0 Å². The Labute approximate surface area is 190 Å². The first-order valence-corrected chi connectivity index (χ1v) is 12.0. The van der Waals surface area contributed by atoms with Gasteiger partial charge in [-0.25, -0.2) is 17.8 Å². The number of sulfone groups is 1. The van der Waals surface area contributed by atoms with Crippen LogP contribution in [-0.4, -0.2) is 48.5 Å². The minimum Gasteiger partial charge on any atom is -0.495 e. The largest absolute Gasteiger partial charge is 0.495 e. The molecular formula is C22H23FN6O3S. The van der Waals surface area contributed by atoms with Crippen molar-refractivity contribution in [1.82, 2.24) is 20.2 Å². The molecule has 172 valence electrons. The molecular weight excluding hydrogens is 447 g/mol. The van der Waals surface area contributed by atoms with Crippen LogP contribution in [0.4, 0.5) is 27.5 Å². The zero-order valence-electron chi connectivity index (χ0n) is 18.5. The summed E-state index contributed by atoms with van der Waals surface area (Å²) in [5.74, 6) is -0.0496. The lowest BCUT2D eigenvalue weighted by Gasteiger charge is -2.23. The number of benzene rings is 2. The van der Waals surface area contributed by atoms with Gasteiger partial charge in [-0.05, 0) is 50.2 Å². The summed E-state index contributed by atoms with van der Waals surface area (Å²) in [6.45, 7) is 4.25. The maximum Gasteiger partial charge on any atom is 0.229 e. The van der Waals surface area contributed by atoms with Gasteiger partial charge in [0.2, 0.25) is 5.95 Å². The lowest BCUT2D eigenvalue weighted by Crippen LogP contribution is -2.19. The molecule has 0 fully saturated rings. The molecule has 2 aromatic carbocycles. The summed E-state index contributed by atoms with van der Waals surface area (Å²) in [5, 5.41) is 11.1. The van der Waals surface area contributed by atoms with Gasteiger partial charge in [-0.1, -0.05) is 0 Å². The van der Waals surface area contributed by atoms with Gasteiger partial charge < -0.3 is 15.0 Å². The van der Waals surface area contributed by atoms with Gasteiger partial charge in [0.1, 0.15) is 5.75 Å². The van der Waals surface area contributed by atoms with Crippen LogP contribution in [0.15, 0.2) is 47.5 Å². The average molecular weight is 471 g/mol. The summed E-state index contributed by atoms with van der Waals surface area (Å²) in [4.78, 5) is 10.2. The number of aromatic amines is 1. The molecule has 2 heterocycles. The Kier molecular flexibility index (Phi) is 5.90. The Morgan fingerprint density at radius 1 is 1.21 bits per heavy atom. The van der Waals surface area contributed by atoms with Gasteiger partial charge in [-0.3, -0.25) is 5.10 Å². The number of nitrogens with one attached hydrogen (secondary N) is 2. The predicted molar refractivity (Wildman–Crippen MR) is 125 cm³/mol. The number of hydrogen-bond donors (Lipinski definition) is 2. The number of methoxy groups -OCH3 is 1. The van der Waals surface area contributed by atoms with Crippen molar-refractivity contribution in [2.75, 3.05) is 30.1 Å². The molecule has 0 amide bonds. The number of rotatable bonds is 7. The molecule has 0 saturated carbocycles. The molecule has 0 aliphatic carbocycles. The minimum atomic E-state index is -3.44. The van der Waals surface area contributed by atoms with Crippen LogP contribution in [-0.2, 0) is 9.84 Å². The van der Waals surface area contributed by atoms with Gasteiger partial charge in [0.25, 0.3) is 0 Å². The third-order valence-corrected chi connectivity index (χ3v) is 6.29. The Morgan fingerprint density at radius 2 is 2.00 bits per heavy atom. The smallest absolute Gasteiger partial charge is 0.229 e. The number of nitrogens with zero attached hydrogens (tertiary/aromatic N) is 4. The molecule has 11 heteroatoms. The van der Waals surface area contributed by atoms with E-state index in [2.05, 4.69) is 25.5 Å². The van der Waals surface area contributed by atoms with E-state index < -0.39 is 15.7 Å². The minimum absolute atomic E-state index is 0.0693. The van der Waals surface area contributed by atoms with E-state index in [1.807, 2.05) is 32.0 Å². The zero-order valence-corrected chi connectivity index (χ0v) is 19.4. The van der Waals surface area contributed by atoms with E-state index in [0.717, 1.165) is 34.7 Å². The van der Waals surface area contributed by atoms with Crippen molar-refractivity contribution >= 4 is 43.9 Å². The zero-order chi connectivity index (χ0) is 23.8. The highest BCUT2D eigenvalue weighted by Crippen LogP contribution is 2.32. The van der Waals surface area contributed by atoms with Crippen LogP contribution in [0, 0.1) is 12.7 Å². The average Bonchev–Trinajstić information content (AvgIpc) is 3.16. The molecule has 9 nitrogen and oxygen atoms in total. The van der Waals surface area contributed by atoms with Crippen molar-refractivity contribution in [2.24, 2.45) is 0 Å². The maximum atomic E-state index is 14.8. The second kappa shape index (κ2) is 8.66. The molecule has 0 bridgehead atoms. The van der Waals surface area contributed by atoms with Crippen LogP contribution >= 0.6 is 0 Å². The summed E-state index contributed by atoms with van der Waals surface area (Å²) in [6, 6.07) is 10.1. The van der Waals surface area contributed by atoms with Crippen LogP contribution in [0.25, 0.3) is 10.9 Å². The van der Waals surface area contributed by atoms with Crippen molar-refractivity contribution in [3.63, 3.8) is 0 Å². The highest BCUT2D eigenvalue weighted by atomic mass is 32.2. The molecule has 33 heavy (non-hydrogen) atoms. The summed E-state index contributed by atoms with van der Waals surface area (Å²) in [5.41, 5.74) is 2.77. The van der Waals surface area contributed by atoms with Crippen LogP contribution in [0.1, 0.15) is 12.6 Å². The topological polar surface area (TPSA) is 113 Å². The van der Waals surface area contributed by atoms with E-state index in [4.69, 9.17) is 4.74 Å². The molecule has 0 spiro atoms. The molecule has 0 aliphatic heterocycles. The highest BCUT2D eigenvalue weighted by Gasteiger charge is 2.18. The van der Waals surface area contributed by atoms with E-state index in [1.54, 1.807) is 4.90 Å². The highest BCUT2D eigenvalue weighted by molar-refractivity contribution is 7.90. The van der Waals surface area contributed by atoms with Crippen molar-refractivity contribution in [3.05, 3.63) is 54.1 Å². The van der Waals surface area contributed by atoms with E-state index in [9.17, 15) is 12.8 Å². The summed E-state index contributed by atoms with van der Waals surface area (Å²) in [6.07, 6.45) is 2.18. The molecule has 4 rings (SSSR count). The fourth-order valence-electron chi connectivity index (χ4n) is 3.50. The number of H-pyrrole nitrogens is 1. The van der Waals surface area contributed by atoms with Crippen molar-refractivity contribution in [3.8, 4) is 5.75 Å². The predicted octanol–water partition coefficient (Wildman–Crippen LogP) is 4.11. The number of hydrogen-bond acceptors (Lipinski definition) is 8. The molecule has 2 N–H and O–H groups in total. The summed E-state index contributed by atoms with van der Waals surface area (Å²) >= 11 is 0. The first kappa shape index (κ1) is 22.5. The number of fused-ring (bicyclic) bond motifs is 1. The van der Waals surface area contributed by atoms with Crippen LogP contribution in [0.2, 0.25) is 0 Å². The third kappa shape index (κ3) is 4.44. The van der Waals surface area contributed by atoms with Crippen LogP contribution in [0.5, 0.6) is 5.75 Å². The van der Waals surface area contributed by atoms with Gasteiger partial charge >= 0.3 is 0 Å². The van der Waals surface area contributed by atoms with Crippen molar-refractivity contribution < 1.29 is 17.5 Å². The fourth-order valence-corrected chi connectivity index (χ4v) is 4.15. The Morgan fingerprint density at radius 3 is 2.70 bits per heavy atom.